The highest BCUT2D eigenvalue weighted by molar-refractivity contribution is 5.53. The van der Waals surface area contributed by atoms with E-state index in [1.54, 1.807) is 12.4 Å². The summed E-state index contributed by atoms with van der Waals surface area (Å²) in [5, 5.41) is 3.23. The molecule has 0 saturated heterocycles. The van der Waals surface area contributed by atoms with E-state index >= 15 is 0 Å². The first-order chi connectivity index (χ1) is 9.56. The van der Waals surface area contributed by atoms with E-state index in [0.29, 0.717) is 12.4 Å². The molecule has 0 bridgehead atoms. The second-order valence-corrected chi connectivity index (χ2v) is 4.91. The Morgan fingerprint density at radius 3 is 2.85 bits per heavy atom. The summed E-state index contributed by atoms with van der Waals surface area (Å²) in [6.07, 6.45) is 3.58. The van der Waals surface area contributed by atoms with Crippen molar-refractivity contribution in [3.63, 3.8) is 0 Å². The Hall–Kier alpha value is -2.30. The van der Waals surface area contributed by atoms with Gasteiger partial charge in [-0.05, 0) is 32.4 Å². The van der Waals surface area contributed by atoms with Crippen molar-refractivity contribution in [2.45, 2.75) is 33.4 Å². The van der Waals surface area contributed by atoms with Crippen LogP contribution in [-0.4, -0.2) is 16.1 Å². The van der Waals surface area contributed by atoms with Crippen molar-refractivity contribution in [3.8, 4) is 5.88 Å². The van der Waals surface area contributed by atoms with Gasteiger partial charge in [0.15, 0.2) is 0 Å². The molecule has 0 saturated carbocycles. The van der Waals surface area contributed by atoms with Gasteiger partial charge in [-0.3, -0.25) is 0 Å². The number of hydrogen-bond donors (Lipinski definition) is 2. The monoisotopic (exact) mass is 272 g/mol. The van der Waals surface area contributed by atoms with E-state index < -0.39 is 0 Å². The first-order valence-electron chi connectivity index (χ1n) is 6.63. The van der Waals surface area contributed by atoms with E-state index in [9.17, 15) is 0 Å². The van der Waals surface area contributed by atoms with Gasteiger partial charge in [0.25, 0.3) is 0 Å². The second-order valence-electron chi connectivity index (χ2n) is 4.91. The van der Waals surface area contributed by atoms with Gasteiger partial charge in [-0.1, -0.05) is 6.07 Å². The van der Waals surface area contributed by atoms with E-state index in [-0.39, 0.29) is 6.10 Å². The molecular formula is C15H20N4O. The largest absolute Gasteiger partial charge is 0.475 e. The molecule has 2 heterocycles. The number of pyridine rings is 2. The summed E-state index contributed by atoms with van der Waals surface area (Å²) >= 11 is 0. The van der Waals surface area contributed by atoms with Crippen LogP contribution in [0.3, 0.4) is 0 Å². The molecule has 3 N–H and O–H groups in total. The van der Waals surface area contributed by atoms with Crippen LogP contribution in [0, 0.1) is 6.92 Å². The Balaban J connectivity index is 2.08. The molecule has 0 spiro atoms. The zero-order valence-electron chi connectivity index (χ0n) is 12.1. The summed E-state index contributed by atoms with van der Waals surface area (Å²) in [6.45, 7) is 6.48. The number of rotatable bonds is 5. The fraction of sp³-hybridized carbons (Fsp3) is 0.333. The van der Waals surface area contributed by atoms with Gasteiger partial charge in [-0.2, -0.15) is 0 Å². The summed E-state index contributed by atoms with van der Waals surface area (Å²) in [5.74, 6) is 1.39. The third kappa shape index (κ3) is 3.60. The van der Waals surface area contributed by atoms with Crippen molar-refractivity contribution in [2.24, 2.45) is 0 Å². The first kappa shape index (κ1) is 14.1. The lowest BCUT2D eigenvalue weighted by Crippen LogP contribution is -2.11. The molecule has 20 heavy (non-hydrogen) atoms. The molecule has 2 aromatic rings. The van der Waals surface area contributed by atoms with Crippen LogP contribution < -0.4 is 15.8 Å². The first-order valence-corrected chi connectivity index (χ1v) is 6.63. The molecule has 0 fully saturated rings. The van der Waals surface area contributed by atoms with Crippen LogP contribution in [0.1, 0.15) is 25.0 Å². The minimum atomic E-state index is 0.0943. The molecular weight excluding hydrogens is 252 g/mol. The summed E-state index contributed by atoms with van der Waals surface area (Å²) < 4.78 is 5.68. The van der Waals surface area contributed by atoms with Gasteiger partial charge in [0.1, 0.15) is 5.82 Å². The highest BCUT2D eigenvalue weighted by atomic mass is 16.5. The van der Waals surface area contributed by atoms with Gasteiger partial charge in [-0.15, -0.1) is 0 Å². The Morgan fingerprint density at radius 2 is 2.15 bits per heavy atom. The van der Waals surface area contributed by atoms with Crippen molar-refractivity contribution in [3.05, 3.63) is 41.7 Å². The standard InChI is InChI=1S/C15H20N4O/c1-10(2)20-15-12(5-4-6-17-15)9-19-14-7-13(16)11(3)8-18-14/h4-8,10H,9H2,1-3H3,(H3,16,18,19). The van der Waals surface area contributed by atoms with E-state index in [1.807, 2.05) is 39.0 Å². The predicted octanol–water partition coefficient (Wildman–Crippen LogP) is 2.77. The van der Waals surface area contributed by atoms with Crippen LogP contribution in [0.5, 0.6) is 5.88 Å². The maximum atomic E-state index is 5.87. The van der Waals surface area contributed by atoms with Crippen LogP contribution >= 0.6 is 0 Å². The lowest BCUT2D eigenvalue weighted by molar-refractivity contribution is 0.230. The fourth-order valence-electron chi connectivity index (χ4n) is 1.71. The highest BCUT2D eigenvalue weighted by Gasteiger charge is 2.07. The molecule has 5 nitrogen and oxygen atoms in total. The molecule has 2 rings (SSSR count). The van der Waals surface area contributed by atoms with Crippen molar-refractivity contribution in [2.75, 3.05) is 11.1 Å². The van der Waals surface area contributed by atoms with Crippen molar-refractivity contribution in [1.82, 2.24) is 9.97 Å². The maximum absolute atomic E-state index is 5.87. The molecule has 0 unspecified atom stereocenters. The van der Waals surface area contributed by atoms with Crippen LogP contribution in [-0.2, 0) is 6.54 Å². The van der Waals surface area contributed by atoms with E-state index in [0.717, 1.165) is 22.6 Å². The SMILES string of the molecule is Cc1cnc(NCc2cccnc2OC(C)C)cc1N. The highest BCUT2D eigenvalue weighted by Crippen LogP contribution is 2.19. The average Bonchev–Trinajstić information content (AvgIpc) is 2.41. The van der Waals surface area contributed by atoms with E-state index in [4.69, 9.17) is 10.5 Å². The van der Waals surface area contributed by atoms with Crippen molar-refractivity contribution in [1.29, 1.82) is 0 Å². The average molecular weight is 272 g/mol. The predicted molar refractivity (Wildman–Crippen MR) is 80.7 cm³/mol. The second kappa shape index (κ2) is 6.23. The maximum Gasteiger partial charge on any atom is 0.218 e. The molecule has 5 heteroatoms. The minimum Gasteiger partial charge on any atom is -0.475 e. The number of nitrogens with zero attached hydrogens (tertiary/aromatic N) is 2. The molecule has 106 valence electrons. The molecule has 2 aromatic heterocycles. The molecule has 0 amide bonds. The number of nitrogens with one attached hydrogen (secondary N) is 1. The number of aryl methyl sites for hydroxylation is 1. The van der Waals surface area contributed by atoms with Gasteiger partial charge < -0.3 is 15.8 Å². The third-order valence-corrected chi connectivity index (χ3v) is 2.80. The number of nitrogens with two attached hydrogens (primary N) is 1. The van der Waals surface area contributed by atoms with E-state index in [2.05, 4.69) is 15.3 Å². The third-order valence-electron chi connectivity index (χ3n) is 2.80. The van der Waals surface area contributed by atoms with Crippen LogP contribution in [0.4, 0.5) is 11.5 Å². The molecule has 0 radical (unpaired) electrons. The zero-order valence-corrected chi connectivity index (χ0v) is 12.1. The topological polar surface area (TPSA) is 73.1 Å². The van der Waals surface area contributed by atoms with Gasteiger partial charge in [-0.25, -0.2) is 9.97 Å². The Bertz CT molecular complexity index is 584. The Kier molecular flexibility index (Phi) is 4.40. The summed E-state index contributed by atoms with van der Waals surface area (Å²) in [7, 11) is 0. The molecule has 0 aliphatic carbocycles. The zero-order chi connectivity index (χ0) is 14.5. The number of nitrogen functional groups attached to an aromatic ring is 1. The quantitative estimate of drug-likeness (QED) is 0.875. The van der Waals surface area contributed by atoms with Gasteiger partial charge >= 0.3 is 0 Å². The Labute approximate surface area is 119 Å². The number of hydrogen-bond acceptors (Lipinski definition) is 5. The van der Waals surface area contributed by atoms with Gasteiger partial charge in [0, 0.05) is 36.3 Å². The van der Waals surface area contributed by atoms with Gasteiger partial charge in [0.2, 0.25) is 5.88 Å². The molecule has 0 aromatic carbocycles. The Morgan fingerprint density at radius 1 is 1.35 bits per heavy atom. The van der Waals surface area contributed by atoms with Gasteiger partial charge in [0.05, 0.1) is 6.10 Å². The molecule has 0 aliphatic rings. The van der Waals surface area contributed by atoms with Crippen LogP contribution in [0.2, 0.25) is 0 Å². The number of anilines is 2. The van der Waals surface area contributed by atoms with Crippen molar-refractivity contribution < 1.29 is 4.74 Å². The number of ether oxygens (including phenoxy) is 1. The summed E-state index contributed by atoms with van der Waals surface area (Å²) in [6, 6.07) is 5.70. The van der Waals surface area contributed by atoms with Crippen LogP contribution in [0.25, 0.3) is 0 Å². The normalized spacial score (nSPS) is 10.6. The molecule has 0 atom stereocenters. The van der Waals surface area contributed by atoms with Crippen molar-refractivity contribution >= 4 is 11.5 Å². The smallest absolute Gasteiger partial charge is 0.218 e. The summed E-state index contributed by atoms with van der Waals surface area (Å²) in [4.78, 5) is 8.55. The lowest BCUT2D eigenvalue weighted by Gasteiger charge is -2.13. The van der Waals surface area contributed by atoms with Crippen LogP contribution in [0.15, 0.2) is 30.6 Å². The van der Waals surface area contributed by atoms with E-state index in [1.165, 1.54) is 0 Å². The number of aromatic nitrogens is 2. The minimum absolute atomic E-state index is 0.0943. The summed E-state index contributed by atoms with van der Waals surface area (Å²) in [5.41, 5.74) is 8.56. The fourth-order valence-corrected chi connectivity index (χ4v) is 1.71. The lowest BCUT2D eigenvalue weighted by atomic mass is 10.2. The molecule has 0 aliphatic heterocycles.